The second kappa shape index (κ2) is 6.46. The first-order chi connectivity index (χ1) is 9.76. The highest BCUT2D eigenvalue weighted by Gasteiger charge is 2.21. The van der Waals surface area contributed by atoms with Crippen molar-refractivity contribution in [1.29, 1.82) is 0 Å². The molecule has 1 N–H and O–H groups in total. The van der Waals surface area contributed by atoms with Gasteiger partial charge in [0.15, 0.2) is 0 Å². The maximum atomic E-state index is 5.74. The van der Waals surface area contributed by atoms with Crippen LogP contribution in [0.25, 0.3) is 0 Å². The van der Waals surface area contributed by atoms with Gasteiger partial charge in [0.05, 0.1) is 12.7 Å². The van der Waals surface area contributed by atoms with Gasteiger partial charge < -0.3 is 15.0 Å². The highest BCUT2D eigenvalue weighted by atomic mass is 79.9. The molecule has 0 aromatic heterocycles. The van der Waals surface area contributed by atoms with Crippen molar-refractivity contribution in [3.8, 4) is 0 Å². The quantitative estimate of drug-likeness (QED) is 0.891. The molecule has 1 aliphatic carbocycles. The molecule has 1 aliphatic heterocycles. The number of morpholine rings is 1. The lowest BCUT2D eigenvalue weighted by molar-refractivity contribution is 0.0384. The van der Waals surface area contributed by atoms with E-state index in [0.717, 1.165) is 38.7 Å². The molecule has 0 spiro atoms. The molecule has 3 nitrogen and oxygen atoms in total. The number of nitrogens with zero attached hydrogens (tertiary/aromatic N) is 1. The third-order valence-corrected chi connectivity index (χ3v) is 4.89. The van der Waals surface area contributed by atoms with Crippen LogP contribution in [-0.4, -0.2) is 31.8 Å². The summed E-state index contributed by atoms with van der Waals surface area (Å²) in [6.45, 7) is 5.98. The minimum atomic E-state index is 0.374. The minimum absolute atomic E-state index is 0.374. The Labute approximate surface area is 129 Å². The molecule has 110 valence electrons. The van der Waals surface area contributed by atoms with E-state index < -0.39 is 0 Å². The molecule has 1 heterocycles. The average molecular weight is 339 g/mol. The fourth-order valence-electron chi connectivity index (χ4n) is 2.62. The first-order valence-electron chi connectivity index (χ1n) is 7.64. The molecule has 1 saturated heterocycles. The molecule has 20 heavy (non-hydrogen) atoms. The van der Waals surface area contributed by atoms with Gasteiger partial charge in [0.1, 0.15) is 0 Å². The molecule has 0 radical (unpaired) electrons. The van der Waals surface area contributed by atoms with E-state index in [2.05, 4.69) is 51.3 Å². The zero-order valence-corrected chi connectivity index (χ0v) is 13.7. The van der Waals surface area contributed by atoms with Crippen molar-refractivity contribution in [3.63, 3.8) is 0 Å². The van der Waals surface area contributed by atoms with Gasteiger partial charge in [0.25, 0.3) is 0 Å². The summed E-state index contributed by atoms with van der Waals surface area (Å²) >= 11 is 3.72. The van der Waals surface area contributed by atoms with Gasteiger partial charge in [-0.3, -0.25) is 0 Å². The van der Waals surface area contributed by atoms with Crippen molar-refractivity contribution in [1.82, 2.24) is 5.32 Å². The Kier molecular flexibility index (Phi) is 4.64. The monoisotopic (exact) mass is 338 g/mol. The summed E-state index contributed by atoms with van der Waals surface area (Å²) in [6.07, 6.45) is 4.13. The molecule has 1 atom stereocenters. The summed E-state index contributed by atoms with van der Waals surface area (Å²) in [5, 5.41) is 3.57. The third kappa shape index (κ3) is 3.54. The molecular weight excluding hydrogens is 316 g/mol. The number of nitrogens with one attached hydrogen (secondary N) is 1. The van der Waals surface area contributed by atoms with Crippen molar-refractivity contribution in [3.05, 3.63) is 28.2 Å². The number of ether oxygens (including phenoxy) is 1. The summed E-state index contributed by atoms with van der Waals surface area (Å²) in [5.41, 5.74) is 2.65. The standard InChI is InChI=1S/C16H23BrN2O/c1-2-15-11-19(7-8-20-15)14-6-3-12(16(17)9-14)10-18-13-4-5-13/h3,6,9,13,15,18H,2,4-5,7-8,10-11H2,1H3. The van der Waals surface area contributed by atoms with Crippen molar-refractivity contribution < 1.29 is 4.74 Å². The molecule has 2 aliphatic rings. The maximum Gasteiger partial charge on any atom is 0.0748 e. The molecule has 0 bridgehead atoms. The molecule has 1 aromatic rings. The molecular formula is C16H23BrN2O. The van der Waals surface area contributed by atoms with Gasteiger partial charge in [0.2, 0.25) is 0 Å². The van der Waals surface area contributed by atoms with Crippen LogP contribution in [0.2, 0.25) is 0 Å². The van der Waals surface area contributed by atoms with E-state index in [4.69, 9.17) is 4.74 Å². The van der Waals surface area contributed by atoms with Crippen LogP contribution in [0.5, 0.6) is 0 Å². The van der Waals surface area contributed by atoms with Crippen LogP contribution in [0.15, 0.2) is 22.7 Å². The van der Waals surface area contributed by atoms with E-state index in [-0.39, 0.29) is 0 Å². The predicted molar refractivity (Wildman–Crippen MR) is 86.2 cm³/mol. The molecule has 1 saturated carbocycles. The summed E-state index contributed by atoms with van der Waals surface area (Å²) in [6, 6.07) is 7.49. The first-order valence-corrected chi connectivity index (χ1v) is 8.44. The normalized spacial score (nSPS) is 23.1. The lowest BCUT2D eigenvalue weighted by Crippen LogP contribution is -2.42. The highest BCUT2D eigenvalue weighted by Crippen LogP contribution is 2.27. The Morgan fingerprint density at radius 2 is 2.25 bits per heavy atom. The summed E-state index contributed by atoms with van der Waals surface area (Å²) in [5.74, 6) is 0. The Bertz CT molecular complexity index is 462. The van der Waals surface area contributed by atoms with Crippen molar-refractivity contribution >= 4 is 21.6 Å². The smallest absolute Gasteiger partial charge is 0.0748 e. The summed E-state index contributed by atoms with van der Waals surface area (Å²) in [7, 11) is 0. The van der Waals surface area contributed by atoms with E-state index in [1.165, 1.54) is 28.6 Å². The van der Waals surface area contributed by atoms with Crippen LogP contribution >= 0.6 is 15.9 Å². The number of benzene rings is 1. The Hall–Kier alpha value is -0.580. The fourth-order valence-corrected chi connectivity index (χ4v) is 3.13. The molecule has 1 aromatic carbocycles. The van der Waals surface area contributed by atoms with E-state index in [1.54, 1.807) is 0 Å². The zero-order valence-electron chi connectivity index (χ0n) is 12.1. The van der Waals surface area contributed by atoms with Gasteiger partial charge in [-0.2, -0.15) is 0 Å². The molecule has 0 amide bonds. The lowest BCUT2D eigenvalue weighted by Gasteiger charge is -2.34. The topological polar surface area (TPSA) is 24.5 Å². The first kappa shape index (κ1) is 14.4. The Morgan fingerprint density at radius 1 is 1.40 bits per heavy atom. The summed E-state index contributed by atoms with van der Waals surface area (Å²) in [4.78, 5) is 2.43. The average Bonchev–Trinajstić information content (AvgIpc) is 3.30. The van der Waals surface area contributed by atoms with Gasteiger partial charge in [-0.25, -0.2) is 0 Å². The third-order valence-electron chi connectivity index (χ3n) is 4.15. The van der Waals surface area contributed by atoms with Crippen molar-refractivity contribution in [2.24, 2.45) is 0 Å². The van der Waals surface area contributed by atoms with E-state index in [0.29, 0.717) is 6.10 Å². The number of halogens is 1. The largest absolute Gasteiger partial charge is 0.375 e. The second-order valence-electron chi connectivity index (χ2n) is 5.78. The second-order valence-corrected chi connectivity index (χ2v) is 6.63. The highest BCUT2D eigenvalue weighted by molar-refractivity contribution is 9.10. The SMILES string of the molecule is CCC1CN(c2ccc(CNC3CC3)c(Br)c2)CCO1. The number of hydrogen-bond acceptors (Lipinski definition) is 3. The van der Waals surface area contributed by atoms with Crippen LogP contribution in [0.1, 0.15) is 31.7 Å². The van der Waals surface area contributed by atoms with Gasteiger partial charge in [-0.15, -0.1) is 0 Å². The number of anilines is 1. The number of rotatable bonds is 5. The van der Waals surface area contributed by atoms with Crippen LogP contribution in [0.3, 0.4) is 0 Å². The molecule has 2 fully saturated rings. The fraction of sp³-hybridized carbons (Fsp3) is 0.625. The van der Waals surface area contributed by atoms with E-state index in [1.807, 2.05) is 0 Å². The maximum absolute atomic E-state index is 5.74. The van der Waals surface area contributed by atoms with Crippen LogP contribution in [0.4, 0.5) is 5.69 Å². The Balaban J connectivity index is 1.65. The van der Waals surface area contributed by atoms with Crippen LogP contribution < -0.4 is 10.2 Å². The minimum Gasteiger partial charge on any atom is -0.375 e. The van der Waals surface area contributed by atoms with Gasteiger partial charge in [-0.05, 0) is 37.0 Å². The van der Waals surface area contributed by atoms with Crippen LogP contribution in [-0.2, 0) is 11.3 Å². The Morgan fingerprint density at radius 3 is 2.95 bits per heavy atom. The molecule has 3 rings (SSSR count). The lowest BCUT2D eigenvalue weighted by atomic mass is 10.1. The van der Waals surface area contributed by atoms with Gasteiger partial charge >= 0.3 is 0 Å². The van der Waals surface area contributed by atoms with Gasteiger partial charge in [0, 0.05) is 35.8 Å². The van der Waals surface area contributed by atoms with Gasteiger partial charge in [-0.1, -0.05) is 28.9 Å². The molecule has 4 heteroatoms. The van der Waals surface area contributed by atoms with E-state index in [9.17, 15) is 0 Å². The number of hydrogen-bond donors (Lipinski definition) is 1. The van der Waals surface area contributed by atoms with Crippen molar-refractivity contribution in [2.45, 2.75) is 44.9 Å². The summed E-state index contributed by atoms with van der Waals surface area (Å²) < 4.78 is 6.95. The van der Waals surface area contributed by atoms with Crippen LogP contribution in [0, 0.1) is 0 Å². The molecule has 1 unspecified atom stereocenters. The zero-order chi connectivity index (χ0) is 13.9. The predicted octanol–water partition coefficient (Wildman–Crippen LogP) is 3.32. The van der Waals surface area contributed by atoms with Crippen molar-refractivity contribution in [2.75, 3.05) is 24.6 Å². The van der Waals surface area contributed by atoms with E-state index >= 15 is 0 Å².